The Morgan fingerprint density at radius 2 is 1.90 bits per heavy atom. The molecule has 8 nitrogen and oxygen atoms in total. The number of nitrogens with zero attached hydrogens (tertiary/aromatic N) is 1. The number of hydrogen-bond acceptors (Lipinski definition) is 6. The average Bonchev–Trinajstić information content (AvgIpc) is 2.65. The number of carbonyl (C=O) groups is 2. The summed E-state index contributed by atoms with van der Waals surface area (Å²) < 4.78 is 47.9. The van der Waals surface area contributed by atoms with E-state index in [1.807, 2.05) is 0 Å². The minimum atomic E-state index is -4.77. The Bertz CT molecular complexity index is 930. The van der Waals surface area contributed by atoms with E-state index in [4.69, 9.17) is 9.47 Å². The number of rotatable bonds is 7. The van der Waals surface area contributed by atoms with Crippen molar-refractivity contribution < 1.29 is 37.2 Å². The molecule has 0 saturated heterocycles. The maximum Gasteiger partial charge on any atom is 0.416 e. The molecule has 0 radical (unpaired) electrons. The van der Waals surface area contributed by atoms with Gasteiger partial charge in [-0.1, -0.05) is 12.1 Å². The number of nitro benzene ring substituents is 1. The highest BCUT2D eigenvalue weighted by Gasteiger charge is 2.33. The monoisotopic (exact) mass is 412 g/mol. The van der Waals surface area contributed by atoms with E-state index < -0.39 is 46.5 Å². The summed E-state index contributed by atoms with van der Waals surface area (Å²) in [6.45, 7) is -0.763. The van der Waals surface area contributed by atoms with Crippen LogP contribution in [-0.4, -0.2) is 30.5 Å². The molecule has 0 saturated carbocycles. The normalized spacial score (nSPS) is 10.9. The number of alkyl halides is 3. The van der Waals surface area contributed by atoms with E-state index in [1.54, 1.807) is 24.3 Å². The number of halogens is 3. The molecule has 154 valence electrons. The van der Waals surface area contributed by atoms with E-state index in [-0.39, 0.29) is 6.42 Å². The standard InChI is InChI=1S/C18H15F3N2O6/c1-28-13-4-2-3-11(7-13)8-17(25)29-10-16(24)22-14-6-5-12(18(19,20)21)9-15(14)23(26)27/h2-7,9H,8,10H2,1H3,(H,22,24). The van der Waals surface area contributed by atoms with Crippen LogP contribution in [0.5, 0.6) is 5.75 Å². The van der Waals surface area contributed by atoms with Gasteiger partial charge in [-0.25, -0.2) is 0 Å². The molecular weight excluding hydrogens is 397 g/mol. The van der Waals surface area contributed by atoms with Crippen molar-refractivity contribution in [2.45, 2.75) is 12.6 Å². The van der Waals surface area contributed by atoms with Crippen LogP contribution in [0.2, 0.25) is 0 Å². The molecular formula is C18H15F3N2O6. The minimum absolute atomic E-state index is 0.148. The molecule has 0 aliphatic rings. The molecule has 0 unspecified atom stereocenters. The van der Waals surface area contributed by atoms with Gasteiger partial charge in [-0.05, 0) is 29.8 Å². The van der Waals surface area contributed by atoms with Crippen LogP contribution in [0.25, 0.3) is 0 Å². The van der Waals surface area contributed by atoms with Gasteiger partial charge in [-0.3, -0.25) is 19.7 Å². The molecule has 0 aromatic heterocycles. The number of carbonyl (C=O) groups excluding carboxylic acids is 2. The van der Waals surface area contributed by atoms with Crippen molar-refractivity contribution in [2.24, 2.45) is 0 Å². The summed E-state index contributed by atoms with van der Waals surface area (Å²) in [5.74, 6) is -1.15. The first-order chi connectivity index (χ1) is 13.6. The summed E-state index contributed by atoms with van der Waals surface area (Å²) in [6.07, 6.45) is -4.92. The number of anilines is 1. The molecule has 2 aromatic rings. The Labute approximate surface area is 162 Å². The molecule has 2 aromatic carbocycles. The smallest absolute Gasteiger partial charge is 0.416 e. The number of nitro groups is 1. The lowest BCUT2D eigenvalue weighted by atomic mass is 10.1. The van der Waals surface area contributed by atoms with Gasteiger partial charge < -0.3 is 14.8 Å². The number of esters is 1. The van der Waals surface area contributed by atoms with Gasteiger partial charge in [0.2, 0.25) is 0 Å². The van der Waals surface area contributed by atoms with E-state index >= 15 is 0 Å². The van der Waals surface area contributed by atoms with E-state index in [9.17, 15) is 32.9 Å². The van der Waals surface area contributed by atoms with Gasteiger partial charge in [-0.15, -0.1) is 0 Å². The number of nitrogens with one attached hydrogen (secondary N) is 1. The lowest BCUT2D eigenvalue weighted by molar-refractivity contribution is -0.384. The summed E-state index contributed by atoms with van der Waals surface area (Å²) in [4.78, 5) is 33.6. The Balaban J connectivity index is 1.98. The van der Waals surface area contributed by atoms with Crippen LogP contribution in [0, 0.1) is 10.1 Å². The van der Waals surface area contributed by atoms with Crippen LogP contribution >= 0.6 is 0 Å². The van der Waals surface area contributed by atoms with E-state index in [0.29, 0.717) is 23.4 Å². The quantitative estimate of drug-likeness (QED) is 0.425. The molecule has 29 heavy (non-hydrogen) atoms. The fourth-order valence-corrected chi connectivity index (χ4v) is 2.30. The van der Waals surface area contributed by atoms with Gasteiger partial charge >= 0.3 is 12.1 Å². The van der Waals surface area contributed by atoms with E-state index in [0.717, 1.165) is 6.07 Å². The number of benzene rings is 2. The fourth-order valence-electron chi connectivity index (χ4n) is 2.30. The number of amides is 1. The van der Waals surface area contributed by atoms with Crippen LogP contribution in [0.1, 0.15) is 11.1 Å². The molecule has 0 fully saturated rings. The molecule has 0 bridgehead atoms. The molecule has 11 heteroatoms. The Morgan fingerprint density at radius 3 is 2.52 bits per heavy atom. The maximum atomic E-state index is 12.7. The number of hydrogen-bond donors (Lipinski definition) is 1. The third-order valence-corrected chi connectivity index (χ3v) is 3.64. The summed E-state index contributed by atoms with van der Waals surface area (Å²) in [5.41, 5.74) is -2.03. The number of methoxy groups -OCH3 is 1. The second-order valence-electron chi connectivity index (χ2n) is 5.72. The third-order valence-electron chi connectivity index (χ3n) is 3.64. The Hall–Kier alpha value is -3.63. The molecule has 0 heterocycles. The lowest BCUT2D eigenvalue weighted by Gasteiger charge is -2.10. The maximum absolute atomic E-state index is 12.7. The van der Waals surface area contributed by atoms with Crippen LogP contribution in [0.15, 0.2) is 42.5 Å². The van der Waals surface area contributed by atoms with Gasteiger partial charge in [0.1, 0.15) is 11.4 Å². The first-order valence-electron chi connectivity index (χ1n) is 8.04. The zero-order valence-electron chi connectivity index (χ0n) is 15.0. The van der Waals surface area contributed by atoms with Crippen LogP contribution in [0.4, 0.5) is 24.5 Å². The topological polar surface area (TPSA) is 108 Å². The SMILES string of the molecule is COc1cccc(CC(=O)OCC(=O)Nc2ccc(C(F)(F)F)cc2[N+](=O)[O-])c1. The molecule has 2 rings (SSSR count). The predicted octanol–water partition coefficient (Wildman–Crippen LogP) is 3.35. The zero-order chi connectivity index (χ0) is 21.6. The van der Waals surface area contributed by atoms with Gasteiger partial charge in [0.05, 0.1) is 24.0 Å². The Kier molecular flexibility index (Phi) is 6.75. The summed E-state index contributed by atoms with van der Waals surface area (Å²) in [5, 5.41) is 13.1. The fraction of sp³-hybridized carbons (Fsp3) is 0.222. The summed E-state index contributed by atoms with van der Waals surface area (Å²) >= 11 is 0. The predicted molar refractivity (Wildman–Crippen MR) is 94.4 cm³/mol. The molecule has 0 aliphatic carbocycles. The third kappa shape index (κ3) is 6.19. The molecule has 0 atom stereocenters. The first kappa shape index (κ1) is 21.7. The van der Waals surface area contributed by atoms with Gasteiger partial charge in [0, 0.05) is 6.07 Å². The van der Waals surface area contributed by atoms with E-state index in [2.05, 4.69) is 5.32 Å². The minimum Gasteiger partial charge on any atom is -0.497 e. The summed E-state index contributed by atoms with van der Waals surface area (Å²) in [7, 11) is 1.46. The summed E-state index contributed by atoms with van der Waals surface area (Å²) in [6, 6.07) is 8.26. The second kappa shape index (κ2) is 9.04. The van der Waals surface area contributed by atoms with Crippen molar-refractivity contribution in [3.63, 3.8) is 0 Å². The lowest BCUT2D eigenvalue weighted by Crippen LogP contribution is -2.22. The van der Waals surface area contributed by atoms with Crippen LogP contribution in [-0.2, 0) is 26.9 Å². The van der Waals surface area contributed by atoms with Gasteiger partial charge in [-0.2, -0.15) is 13.2 Å². The highest BCUT2D eigenvalue weighted by Crippen LogP contribution is 2.34. The molecule has 0 aliphatic heterocycles. The van der Waals surface area contributed by atoms with Gasteiger partial charge in [0.25, 0.3) is 11.6 Å². The van der Waals surface area contributed by atoms with Gasteiger partial charge in [0.15, 0.2) is 6.61 Å². The van der Waals surface area contributed by atoms with Crippen LogP contribution < -0.4 is 10.1 Å². The largest absolute Gasteiger partial charge is 0.497 e. The molecule has 1 amide bonds. The van der Waals surface area contributed by atoms with Crippen molar-refractivity contribution in [3.8, 4) is 5.75 Å². The highest BCUT2D eigenvalue weighted by molar-refractivity contribution is 5.95. The van der Waals surface area contributed by atoms with E-state index in [1.165, 1.54) is 7.11 Å². The van der Waals surface area contributed by atoms with Crippen molar-refractivity contribution in [2.75, 3.05) is 19.0 Å². The average molecular weight is 412 g/mol. The van der Waals surface area contributed by atoms with Crippen molar-refractivity contribution >= 4 is 23.3 Å². The highest BCUT2D eigenvalue weighted by atomic mass is 19.4. The number of ether oxygens (including phenoxy) is 2. The Morgan fingerprint density at radius 1 is 1.17 bits per heavy atom. The molecule has 0 spiro atoms. The van der Waals surface area contributed by atoms with Crippen molar-refractivity contribution in [1.82, 2.24) is 0 Å². The first-order valence-corrected chi connectivity index (χ1v) is 8.04. The van der Waals surface area contributed by atoms with Crippen LogP contribution in [0.3, 0.4) is 0 Å². The molecule has 1 N–H and O–H groups in total. The zero-order valence-corrected chi connectivity index (χ0v) is 15.0. The van der Waals surface area contributed by atoms with Crippen molar-refractivity contribution in [1.29, 1.82) is 0 Å². The second-order valence-corrected chi connectivity index (χ2v) is 5.72. The van der Waals surface area contributed by atoms with Crippen molar-refractivity contribution in [3.05, 3.63) is 63.7 Å².